The van der Waals surface area contributed by atoms with Crippen molar-refractivity contribution in [3.05, 3.63) is 60.2 Å². The molecule has 2 aromatic carbocycles. The number of aryl methyl sites for hydroxylation is 1. The van der Waals surface area contributed by atoms with E-state index in [1.54, 1.807) is 6.20 Å². The average Bonchev–Trinajstić information content (AvgIpc) is 3.17. The van der Waals surface area contributed by atoms with Crippen molar-refractivity contribution < 1.29 is 17.5 Å². The number of hydrogen-bond donors (Lipinski definition) is 2. The Kier molecular flexibility index (Phi) is 7.40. The van der Waals surface area contributed by atoms with E-state index >= 15 is 0 Å². The summed E-state index contributed by atoms with van der Waals surface area (Å²) in [6, 6.07) is 10.9. The number of nitrogens with one attached hydrogen (secondary N) is 1. The van der Waals surface area contributed by atoms with Gasteiger partial charge in [-0.05, 0) is 36.7 Å². The Labute approximate surface area is 217 Å². The zero-order valence-electron chi connectivity index (χ0n) is 21.7. The summed E-state index contributed by atoms with van der Waals surface area (Å²) in [7, 11) is -4.94. The standard InChI is InChI=1S/C26H32FN5O3SSi/c1-17-14-29-26(30-21-10-7-11-22(23(21)27)36(2,33)34)31-24(17)19-15-32(16-35-12-13-37(3,4)5)25-18(19)8-6-9-20(25)28/h6-11,14-15H,12-13,16,28H2,1-5H3,(H,29,30,31). The topological polar surface area (TPSA) is 112 Å². The lowest BCUT2D eigenvalue weighted by molar-refractivity contribution is 0.0903. The molecule has 0 saturated heterocycles. The molecule has 0 amide bonds. The summed E-state index contributed by atoms with van der Waals surface area (Å²) in [5.41, 5.74) is 10.1. The van der Waals surface area contributed by atoms with Gasteiger partial charge in [0.1, 0.15) is 11.6 Å². The number of para-hydroxylation sites is 1. The Morgan fingerprint density at radius 2 is 1.89 bits per heavy atom. The van der Waals surface area contributed by atoms with Crippen LogP contribution in [0.2, 0.25) is 25.7 Å². The largest absolute Gasteiger partial charge is 0.397 e. The first-order valence-corrected chi connectivity index (χ1v) is 17.5. The van der Waals surface area contributed by atoms with Gasteiger partial charge in [-0.3, -0.25) is 0 Å². The van der Waals surface area contributed by atoms with E-state index in [-0.39, 0.29) is 11.6 Å². The van der Waals surface area contributed by atoms with Crippen LogP contribution in [0, 0.1) is 12.7 Å². The third-order valence-corrected chi connectivity index (χ3v) is 8.81. The van der Waals surface area contributed by atoms with Gasteiger partial charge in [0.2, 0.25) is 5.95 Å². The van der Waals surface area contributed by atoms with Crippen LogP contribution in [0.25, 0.3) is 22.2 Å². The molecule has 0 unspecified atom stereocenters. The van der Waals surface area contributed by atoms with Crippen LogP contribution >= 0.6 is 0 Å². The molecule has 8 nitrogen and oxygen atoms in total. The van der Waals surface area contributed by atoms with Crippen molar-refractivity contribution in [1.29, 1.82) is 0 Å². The highest BCUT2D eigenvalue weighted by Gasteiger charge is 2.20. The fraction of sp³-hybridized carbons (Fsp3) is 0.308. The van der Waals surface area contributed by atoms with Crippen LogP contribution in [0.1, 0.15) is 5.56 Å². The molecule has 0 spiro atoms. The predicted octanol–water partition coefficient (Wildman–Crippen LogP) is 5.59. The summed E-state index contributed by atoms with van der Waals surface area (Å²) >= 11 is 0. The molecule has 37 heavy (non-hydrogen) atoms. The second-order valence-electron chi connectivity index (χ2n) is 10.3. The van der Waals surface area contributed by atoms with Gasteiger partial charge in [-0.25, -0.2) is 22.8 Å². The van der Waals surface area contributed by atoms with Crippen molar-refractivity contribution in [1.82, 2.24) is 14.5 Å². The van der Waals surface area contributed by atoms with Crippen molar-refractivity contribution in [2.75, 3.05) is 23.9 Å². The Morgan fingerprint density at radius 3 is 2.59 bits per heavy atom. The molecule has 4 aromatic rings. The minimum absolute atomic E-state index is 0.0276. The van der Waals surface area contributed by atoms with Crippen LogP contribution in [-0.4, -0.2) is 43.9 Å². The number of fused-ring (bicyclic) bond motifs is 1. The molecule has 0 atom stereocenters. The van der Waals surface area contributed by atoms with Crippen molar-refractivity contribution in [3.8, 4) is 11.3 Å². The second kappa shape index (κ2) is 10.2. The first-order valence-electron chi connectivity index (χ1n) is 11.9. The minimum Gasteiger partial charge on any atom is -0.397 e. The molecule has 0 aliphatic heterocycles. The number of rotatable bonds is 9. The smallest absolute Gasteiger partial charge is 0.227 e. The SMILES string of the molecule is Cc1cnc(Nc2cccc(S(C)(=O)=O)c2F)nc1-c1cn(COCC[Si](C)(C)C)c2c(N)cccc12. The van der Waals surface area contributed by atoms with E-state index in [2.05, 4.69) is 34.9 Å². The Morgan fingerprint density at radius 1 is 1.16 bits per heavy atom. The predicted molar refractivity (Wildman–Crippen MR) is 149 cm³/mol. The molecule has 196 valence electrons. The van der Waals surface area contributed by atoms with Gasteiger partial charge in [0, 0.05) is 44.3 Å². The van der Waals surface area contributed by atoms with E-state index in [0.717, 1.165) is 34.3 Å². The van der Waals surface area contributed by atoms with Crippen molar-refractivity contribution >= 4 is 46.1 Å². The number of halogens is 1. The average molecular weight is 542 g/mol. The van der Waals surface area contributed by atoms with Crippen molar-refractivity contribution in [2.45, 2.75) is 44.2 Å². The van der Waals surface area contributed by atoms with Crippen molar-refractivity contribution in [2.24, 2.45) is 0 Å². The molecule has 3 N–H and O–H groups in total. The van der Waals surface area contributed by atoms with Gasteiger partial charge in [-0.15, -0.1) is 0 Å². The second-order valence-corrected chi connectivity index (χ2v) is 17.9. The number of sulfone groups is 1. The summed E-state index contributed by atoms with van der Waals surface area (Å²) in [6.07, 6.45) is 4.56. The summed E-state index contributed by atoms with van der Waals surface area (Å²) in [4.78, 5) is 8.56. The lowest BCUT2D eigenvalue weighted by Crippen LogP contribution is -2.22. The Balaban J connectivity index is 1.71. The number of benzene rings is 2. The maximum Gasteiger partial charge on any atom is 0.227 e. The molecule has 2 heterocycles. The monoisotopic (exact) mass is 541 g/mol. The van der Waals surface area contributed by atoms with Crippen LogP contribution in [0.15, 0.2) is 53.7 Å². The van der Waals surface area contributed by atoms with E-state index in [0.29, 0.717) is 24.7 Å². The van der Waals surface area contributed by atoms with Crippen LogP contribution < -0.4 is 11.1 Å². The fourth-order valence-corrected chi connectivity index (χ4v) is 5.53. The molecule has 2 aromatic heterocycles. The Bertz CT molecular complexity index is 1560. The number of ether oxygens (including phenoxy) is 1. The molecular formula is C26H32FN5O3SSi. The first-order chi connectivity index (χ1) is 17.3. The molecule has 0 saturated carbocycles. The van der Waals surface area contributed by atoms with E-state index in [1.165, 1.54) is 18.2 Å². The number of nitrogens with zero attached hydrogens (tertiary/aromatic N) is 3. The van der Waals surface area contributed by atoms with Gasteiger partial charge in [-0.2, -0.15) is 0 Å². The van der Waals surface area contributed by atoms with Crippen molar-refractivity contribution in [3.63, 3.8) is 0 Å². The van der Waals surface area contributed by atoms with E-state index in [4.69, 9.17) is 10.5 Å². The van der Waals surface area contributed by atoms with E-state index < -0.39 is 28.6 Å². The fourth-order valence-electron chi connectivity index (χ4n) is 4.01. The summed E-state index contributed by atoms with van der Waals surface area (Å²) < 4.78 is 46.7. The lowest BCUT2D eigenvalue weighted by atomic mass is 10.1. The maximum atomic E-state index is 14.9. The number of aromatic nitrogens is 3. The van der Waals surface area contributed by atoms with Gasteiger partial charge in [0.15, 0.2) is 15.7 Å². The zero-order valence-corrected chi connectivity index (χ0v) is 23.5. The number of nitrogen functional groups attached to an aromatic ring is 1. The van der Waals surface area contributed by atoms with Gasteiger partial charge in [0.05, 0.1) is 22.6 Å². The number of anilines is 3. The van der Waals surface area contributed by atoms with Crippen LogP contribution in [0.3, 0.4) is 0 Å². The van der Waals surface area contributed by atoms with E-state index in [1.807, 2.05) is 35.9 Å². The molecule has 0 aliphatic carbocycles. The number of nitrogens with two attached hydrogens (primary N) is 1. The molecule has 4 rings (SSSR count). The highest BCUT2D eigenvalue weighted by Crippen LogP contribution is 2.35. The third-order valence-electron chi connectivity index (χ3n) is 5.99. The van der Waals surface area contributed by atoms with Gasteiger partial charge in [0.25, 0.3) is 0 Å². The van der Waals surface area contributed by atoms with Gasteiger partial charge >= 0.3 is 0 Å². The summed E-state index contributed by atoms with van der Waals surface area (Å²) in [6.45, 7) is 9.85. The third kappa shape index (κ3) is 6.00. The molecule has 0 bridgehead atoms. The minimum atomic E-state index is -3.73. The maximum absolute atomic E-state index is 14.9. The number of hydrogen-bond acceptors (Lipinski definition) is 7. The quantitative estimate of drug-likeness (QED) is 0.161. The van der Waals surface area contributed by atoms with Crippen LogP contribution in [0.5, 0.6) is 0 Å². The van der Waals surface area contributed by atoms with Gasteiger partial charge < -0.3 is 20.4 Å². The summed E-state index contributed by atoms with van der Waals surface area (Å²) in [5, 5.41) is 3.74. The van der Waals surface area contributed by atoms with E-state index in [9.17, 15) is 12.8 Å². The molecular weight excluding hydrogens is 509 g/mol. The first kappa shape index (κ1) is 26.8. The molecule has 11 heteroatoms. The van der Waals surface area contributed by atoms with Gasteiger partial charge in [-0.1, -0.05) is 37.8 Å². The highest BCUT2D eigenvalue weighted by atomic mass is 32.2. The molecule has 0 fully saturated rings. The van der Waals surface area contributed by atoms with Crippen LogP contribution in [-0.2, 0) is 21.3 Å². The molecule has 0 radical (unpaired) electrons. The lowest BCUT2D eigenvalue weighted by Gasteiger charge is -2.16. The molecule has 0 aliphatic rings. The highest BCUT2D eigenvalue weighted by molar-refractivity contribution is 7.90. The normalized spacial score (nSPS) is 12.3. The Hall–Kier alpha value is -3.28. The zero-order chi connectivity index (χ0) is 27.0. The van der Waals surface area contributed by atoms with Crippen LogP contribution in [0.4, 0.5) is 21.7 Å². The summed E-state index contributed by atoms with van der Waals surface area (Å²) in [5.74, 6) is -0.739.